The smallest absolute Gasteiger partial charge is 0.251 e. The molecule has 7 heteroatoms. The minimum atomic E-state index is -0.694. The van der Waals surface area contributed by atoms with Crippen LogP contribution in [-0.2, 0) is 0 Å². The van der Waals surface area contributed by atoms with E-state index in [1.165, 1.54) is 11.6 Å². The summed E-state index contributed by atoms with van der Waals surface area (Å²) in [5.41, 5.74) is 7.84. The number of primary amides is 1. The summed E-state index contributed by atoms with van der Waals surface area (Å²) in [5.74, 6) is -1.20. The number of fused-ring (bicyclic) bond motifs is 1. The van der Waals surface area contributed by atoms with Crippen molar-refractivity contribution in [3.63, 3.8) is 0 Å². The zero-order valence-corrected chi connectivity index (χ0v) is 13.5. The molecule has 2 aromatic carbocycles. The molecule has 2 heterocycles. The van der Waals surface area contributed by atoms with Crippen LogP contribution in [0.15, 0.2) is 42.6 Å². The number of amides is 1. The van der Waals surface area contributed by atoms with Crippen LogP contribution in [0.1, 0.15) is 22.0 Å². The van der Waals surface area contributed by atoms with E-state index >= 15 is 0 Å². The Kier molecular flexibility index (Phi) is 3.95. The minimum absolute atomic E-state index is 0.0860. The van der Waals surface area contributed by atoms with Crippen LogP contribution in [-0.4, -0.2) is 35.3 Å². The molecule has 4 N–H and O–H groups in total. The Morgan fingerprint density at radius 1 is 1.24 bits per heavy atom. The molecule has 0 saturated carbocycles. The first-order valence-corrected chi connectivity index (χ1v) is 8.15. The average Bonchev–Trinajstić information content (AvgIpc) is 3.05. The van der Waals surface area contributed by atoms with E-state index in [1.54, 1.807) is 10.9 Å². The number of halogens is 1. The lowest BCUT2D eigenvalue weighted by atomic mass is 10.1. The SMILES string of the molecule is NC(=O)c1cc(F)cc2cn(-c3ccc(C4CNCCN4)cc3)nc12. The second-order valence-electron chi connectivity index (χ2n) is 6.13. The average molecular weight is 339 g/mol. The van der Waals surface area contributed by atoms with Gasteiger partial charge >= 0.3 is 0 Å². The molecule has 1 saturated heterocycles. The summed E-state index contributed by atoms with van der Waals surface area (Å²) in [7, 11) is 0. The largest absolute Gasteiger partial charge is 0.366 e. The number of aromatic nitrogens is 2. The predicted octanol–water partition coefficient (Wildman–Crippen LogP) is 1.50. The molecule has 0 aliphatic carbocycles. The molecule has 0 bridgehead atoms. The van der Waals surface area contributed by atoms with Crippen LogP contribution in [0.3, 0.4) is 0 Å². The number of nitrogens with two attached hydrogens (primary N) is 1. The Morgan fingerprint density at radius 2 is 2.04 bits per heavy atom. The predicted molar refractivity (Wildman–Crippen MR) is 93.2 cm³/mol. The molecule has 0 spiro atoms. The lowest BCUT2D eigenvalue weighted by molar-refractivity contribution is 0.100. The number of nitrogens with one attached hydrogen (secondary N) is 2. The molecule has 6 nitrogen and oxygen atoms in total. The zero-order valence-electron chi connectivity index (χ0n) is 13.5. The summed E-state index contributed by atoms with van der Waals surface area (Å²) in [4.78, 5) is 11.5. The molecule has 4 rings (SSSR count). The third kappa shape index (κ3) is 2.99. The Bertz CT molecular complexity index is 929. The van der Waals surface area contributed by atoms with Crippen LogP contribution >= 0.6 is 0 Å². The van der Waals surface area contributed by atoms with Crippen molar-refractivity contribution in [1.29, 1.82) is 0 Å². The van der Waals surface area contributed by atoms with Gasteiger partial charge in [-0.2, -0.15) is 5.10 Å². The summed E-state index contributed by atoms with van der Waals surface area (Å²) < 4.78 is 15.3. The summed E-state index contributed by atoms with van der Waals surface area (Å²) >= 11 is 0. The number of piperazine rings is 1. The molecular formula is C18H18FN5O. The van der Waals surface area contributed by atoms with Crippen molar-refractivity contribution in [1.82, 2.24) is 20.4 Å². The first kappa shape index (κ1) is 15.7. The molecule has 1 unspecified atom stereocenters. The van der Waals surface area contributed by atoms with Gasteiger partial charge in [0, 0.05) is 37.3 Å². The molecule has 1 amide bonds. The Labute approximate surface area is 143 Å². The molecule has 3 aromatic rings. The summed E-state index contributed by atoms with van der Waals surface area (Å²) in [6.45, 7) is 2.82. The van der Waals surface area contributed by atoms with Gasteiger partial charge in [-0.1, -0.05) is 12.1 Å². The minimum Gasteiger partial charge on any atom is -0.366 e. The topological polar surface area (TPSA) is 85.0 Å². The van der Waals surface area contributed by atoms with Crippen molar-refractivity contribution >= 4 is 16.8 Å². The highest BCUT2D eigenvalue weighted by Gasteiger charge is 2.16. The van der Waals surface area contributed by atoms with E-state index < -0.39 is 11.7 Å². The Hall–Kier alpha value is -2.77. The van der Waals surface area contributed by atoms with E-state index in [0.717, 1.165) is 31.4 Å². The molecule has 1 atom stereocenters. The summed E-state index contributed by atoms with van der Waals surface area (Å²) in [6, 6.07) is 10.7. The number of hydrogen-bond acceptors (Lipinski definition) is 4. The third-order valence-electron chi connectivity index (χ3n) is 4.44. The fourth-order valence-electron chi connectivity index (χ4n) is 3.17. The monoisotopic (exact) mass is 339 g/mol. The molecule has 128 valence electrons. The number of rotatable bonds is 3. The number of benzene rings is 2. The Morgan fingerprint density at radius 3 is 2.72 bits per heavy atom. The lowest BCUT2D eigenvalue weighted by Gasteiger charge is -2.24. The van der Waals surface area contributed by atoms with E-state index in [9.17, 15) is 9.18 Å². The van der Waals surface area contributed by atoms with Gasteiger partial charge in [-0.25, -0.2) is 9.07 Å². The van der Waals surface area contributed by atoms with Crippen LogP contribution in [0.25, 0.3) is 16.6 Å². The van der Waals surface area contributed by atoms with Crippen LogP contribution < -0.4 is 16.4 Å². The highest BCUT2D eigenvalue weighted by molar-refractivity contribution is 6.04. The molecule has 1 aliphatic heterocycles. The Balaban J connectivity index is 1.69. The van der Waals surface area contributed by atoms with Gasteiger partial charge in [0.2, 0.25) is 0 Å². The van der Waals surface area contributed by atoms with E-state index in [1.807, 2.05) is 24.3 Å². The molecular weight excluding hydrogens is 321 g/mol. The van der Waals surface area contributed by atoms with E-state index in [4.69, 9.17) is 5.73 Å². The van der Waals surface area contributed by atoms with Crippen LogP contribution in [0, 0.1) is 5.82 Å². The van der Waals surface area contributed by atoms with Crippen molar-refractivity contribution in [2.75, 3.05) is 19.6 Å². The zero-order chi connectivity index (χ0) is 17.4. The molecule has 1 fully saturated rings. The van der Waals surface area contributed by atoms with E-state index in [-0.39, 0.29) is 11.6 Å². The molecule has 1 aliphatic rings. The van der Waals surface area contributed by atoms with Gasteiger partial charge in [0.25, 0.3) is 5.91 Å². The number of nitrogens with zero attached hydrogens (tertiary/aromatic N) is 2. The lowest BCUT2D eigenvalue weighted by Crippen LogP contribution is -2.42. The van der Waals surface area contributed by atoms with Crippen molar-refractivity contribution in [3.8, 4) is 5.69 Å². The van der Waals surface area contributed by atoms with E-state index in [2.05, 4.69) is 15.7 Å². The molecule has 1 aromatic heterocycles. The fraction of sp³-hybridized carbons (Fsp3) is 0.222. The van der Waals surface area contributed by atoms with Crippen LogP contribution in [0.2, 0.25) is 0 Å². The first-order chi connectivity index (χ1) is 12.1. The second-order valence-corrected chi connectivity index (χ2v) is 6.13. The molecule has 0 radical (unpaired) electrons. The van der Waals surface area contributed by atoms with Gasteiger partial charge in [0.15, 0.2) is 0 Å². The van der Waals surface area contributed by atoms with Crippen molar-refractivity contribution < 1.29 is 9.18 Å². The summed E-state index contributed by atoms with van der Waals surface area (Å²) in [5, 5.41) is 11.8. The third-order valence-corrected chi connectivity index (χ3v) is 4.44. The first-order valence-electron chi connectivity index (χ1n) is 8.15. The maximum absolute atomic E-state index is 13.7. The van der Waals surface area contributed by atoms with Crippen LogP contribution in [0.4, 0.5) is 4.39 Å². The van der Waals surface area contributed by atoms with Gasteiger partial charge in [-0.05, 0) is 29.8 Å². The van der Waals surface area contributed by atoms with Gasteiger partial charge in [0.05, 0.1) is 11.3 Å². The van der Waals surface area contributed by atoms with Gasteiger partial charge in [0.1, 0.15) is 11.3 Å². The highest BCUT2D eigenvalue weighted by atomic mass is 19.1. The number of carbonyl (C=O) groups is 1. The normalized spacial score (nSPS) is 17.7. The van der Waals surface area contributed by atoms with Gasteiger partial charge in [-0.3, -0.25) is 4.79 Å². The maximum Gasteiger partial charge on any atom is 0.251 e. The molecule has 25 heavy (non-hydrogen) atoms. The fourth-order valence-corrected chi connectivity index (χ4v) is 3.17. The number of carbonyl (C=O) groups excluding carboxylic acids is 1. The summed E-state index contributed by atoms with van der Waals surface area (Å²) in [6.07, 6.45) is 1.69. The van der Waals surface area contributed by atoms with Crippen molar-refractivity contribution in [2.24, 2.45) is 5.73 Å². The van der Waals surface area contributed by atoms with Crippen LogP contribution in [0.5, 0.6) is 0 Å². The van der Waals surface area contributed by atoms with Crippen molar-refractivity contribution in [3.05, 3.63) is 59.5 Å². The van der Waals surface area contributed by atoms with Gasteiger partial charge < -0.3 is 16.4 Å². The standard InChI is InChI=1S/C18H18FN5O/c19-13-7-12-10-24(23-17(12)15(8-13)18(20)25)14-3-1-11(2-4-14)16-9-21-5-6-22-16/h1-4,7-8,10,16,21-22H,5-6,9H2,(H2,20,25). The number of hydrogen-bond donors (Lipinski definition) is 3. The van der Waals surface area contributed by atoms with E-state index in [0.29, 0.717) is 10.9 Å². The maximum atomic E-state index is 13.7. The van der Waals surface area contributed by atoms with Gasteiger partial charge in [-0.15, -0.1) is 0 Å². The quantitative estimate of drug-likeness (QED) is 0.675. The highest BCUT2D eigenvalue weighted by Crippen LogP contribution is 2.22. The van der Waals surface area contributed by atoms with Crippen molar-refractivity contribution in [2.45, 2.75) is 6.04 Å². The second kappa shape index (κ2) is 6.27.